The Bertz CT molecular complexity index is 1030. The van der Waals surface area contributed by atoms with Crippen molar-refractivity contribution in [1.82, 2.24) is 15.2 Å². The molecule has 0 aliphatic carbocycles. The summed E-state index contributed by atoms with van der Waals surface area (Å²) in [5, 5.41) is 18.8. The first-order valence-corrected chi connectivity index (χ1v) is 9.02. The number of nitrogens with zero attached hydrogens (tertiary/aromatic N) is 3. The van der Waals surface area contributed by atoms with Gasteiger partial charge in [-0.15, -0.1) is 5.10 Å². The predicted molar refractivity (Wildman–Crippen MR) is 108 cm³/mol. The monoisotopic (exact) mass is 369 g/mol. The van der Waals surface area contributed by atoms with E-state index in [0.717, 1.165) is 16.7 Å². The highest BCUT2D eigenvalue weighted by Gasteiger charge is 2.15. The Balaban J connectivity index is 1.63. The highest BCUT2D eigenvalue weighted by atomic mass is 16.5. The number of aliphatic hydroxyl groups excluding tert-OH is 1. The van der Waals surface area contributed by atoms with Crippen LogP contribution in [0.5, 0.6) is 6.01 Å². The van der Waals surface area contributed by atoms with E-state index < -0.39 is 6.10 Å². The van der Waals surface area contributed by atoms with Gasteiger partial charge in [-0.1, -0.05) is 96.1 Å². The highest BCUT2D eigenvalue weighted by molar-refractivity contribution is 5.77. The van der Waals surface area contributed by atoms with Gasteiger partial charge in [0.05, 0.1) is 0 Å². The molecule has 0 spiro atoms. The van der Waals surface area contributed by atoms with Gasteiger partial charge in [0.15, 0.2) is 0 Å². The molecule has 0 saturated heterocycles. The molecule has 0 aliphatic rings. The normalized spacial score (nSPS) is 11.8. The van der Waals surface area contributed by atoms with Crippen molar-refractivity contribution in [2.45, 2.75) is 6.10 Å². The second kappa shape index (κ2) is 8.41. The van der Waals surface area contributed by atoms with Crippen LogP contribution in [0.3, 0.4) is 0 Å². The van der Waals surface area contributed by atoms with Gasteiger partial charge in [0.1, 0.15) is 24.1 Å². The van der Waals surface area contributed by atoms with E-state index in [2.05, 4.69) is 15.2 Å². The van der Waals surface area contributed by atoms with Gasteiger partial charge >= 0.3 is 6.01 Å². The molecule has 1 aromatic heterocycles. The third-order valence-electron chi connectivity index (χ3n) is 4.32. The largest absolute Gasteiger partial charge is 0.459 e. The van der Waals surface area contributed by atoms with Crippen molar-refractivity contribution in [1.29, 1.82) is 0 Å². The zero-order valence-corrected chi connectivity index (χ0v) is 15.1. The zero-order chi connectivity index (χ0) is 19.2. The number of ether oxygens (including phenoxy) is 1. The predicted octanol–water partition coefficient (Wildman–Crippen LogP) is 4.32. The summed E-state index contributed by atoms with van der Waals surface area (Å²) in [7, 11) is 0. The van der Waals surface area contributed by atoms with E-state index in [4.69, 9.17) is 4.74 Å². The molecule has 1 N–H and O–H groups in total. The summed E-state index contributed by atoms with van der Waals surface area (Å²) in [6, 6.07) is 29.1. The Morgan fingerprint density at radius 1 is 0.679 bits per heavy atom. The van der Waals surface area contributed by atoms with Crippen LogP contribution in [-0.2, 0) is 0 Å². The summed E-state index contributed by atoms with van der Waals surface area (Å²) in [6.45, 7) is 0.0462. The second-order valence-corrected chi connectivity index (χ2v) is 6.26. The first-order valence-electron chi connectivity index (χ1n) is 9.02. The Morgan fingerprint density at radius 2 is 1.21 bits per heavy atom. The fourth-order valence-electron chi connectivity index (χ4n) is 2.88. The van der Waals surface area contributed by atoms with Gasteiger partial charge in [0, 0.05) is 11.1 Å². The summed E-state index contributed by atoms with van der Waals surface area (Å²) in [5.41, 5.74) is 4.00. The Kier molecular flexibility index (Phi) is 5.36. The highest BCUT2D eigenvalue weighted by Crippen LogP contribution is 2.29. The molecule has 3 aromatic carbocycles. The van der Waals surface area contributed by atoms with E-state index >= 15 is 0 Å². The summed E-state index contributed by atoms with van der Waals surface area (Å²) in [6.07, 6.45) is -0.765. The van der Waals surface area contributed by atoms with E-state index in [-0.39, 0.29) is 12.6 Å². The number of benzene rings is 3. The number of rotatable bonds is 6. The number of hydrogen-bond acceptors (Lipinski definition) is 5. The Labute approximate surface area is 163 Å². The lowest BCUT2D eigenvalue weighted by molar-refractivity contribution is 0.102. The van der Waals surface area contributed by atoms with Crippen molar-refractivity contribution in [3.05, 3.63) is 96.6 Å². The minimum Gasteiger partial charge on any atom is -0.459 e. The molecule has 0 radical (unpaired) electrons. The van der Waals surface area contributed by atoms with Crippen LogP contribution in [0.1, 0.15) is 11.7 Å². The lowest BCUT2D eigenvalue weighted by Gasteiger charge is -2.13. The Morgan fingerprint density at radius 3 is 1.82 bits per heavy atom. The standard InChI is InChI=1S/C23H19N3O2/c27-20(17-10-4-1-5-11-17)16-28-23-24-21(18-12-6-2-7-13-18)22(25-26-23)19-14-8-3-9-15-19/h1-15,20,27H,16H2/t20-/m1/s1. The number of hydrogen-bond donors (Lipinski definition) is 1. The van der Waals surface area contributed by atoms with E-state index in [0.29, 0.717) is 11.4 Å². The van der Waals surface area contributed by atoms with Crippen molar-refractivity contribution in [3.8, 4) is 28.5 Å². The van der Waals surface area contributed by atoms with Crippen molar-refractivity contribution >= 4 is 0 Å². The molecule has 0 unspecified atom stereocenters. The van der Waals surface area contributed by atoms with Gasteiger partial charge in [0.25, 0.3) is 0 Å². The first kappa shape index (κ1) is 17.8. The minimum absolute atomic E-state index is 0.0462. The smallest absolute Gasteiger partial charge is 0.336 e. The van der Waals surface area contributed by atoms with Crippen LogP contribution in [0.4, 0.5) is 0 Å². The van der Waals surface area contributed by atoms with E-state index in [1.165, 1.54) is 0 Å². The first-order chi connectivity index (χ1) is 13.8. The molecule has 4 rings (SSSR count). The molecule has 4 aromatic rings. The van der Waals surface area contributed by atoms with Crippen molar-refractivity contribution < 1.29 is 9.84 Å². The molecule has 0 aliphatic heterocycles. The maximum Gasteiger partial charge on any atom is 0.336 e. The molecular formula is C23H19N3O2. The van der Waals surface area contributed by atoms with Crippen LogP contribution in [0, 0.1) is 0 Å². The SMILES string of the molecule is O[C@H](COc1nnc(-c2ccccc2)c(-c2ccccc2)n1)c1ccccc1. The lowest BCUT2D eigenvalue weighted by Crippen LogP contribution is -2.12. The molecule has 28 heavy (non-hydrogen) atoms. The molecule has 1 heterocycles. The third-order valence-corrected chi connectivity index (χ3v) is 4.32. The summed E-state index contributed by atoms with van der Waals surface area (Å²) in [4.78, 5) is 4.58. The second-order valence-electron chi connectivity index (χ2n) is 6.26. The third kappa shape index (κ3) is 4.05. The summed E-state index contributed by atoms with van der Waals surface area (Å²) >= 11 is 0. The summed E-state index contributed by atoms with van der Waals surface area (Å²) < 4.78 is 5.64. The van der Waals surface area contributed by atoms with Crippen LogP contribution < -0.4 is 4.74 Å². The van der Waals surface area contributed by atoms with Gasteiger partial charge in [-0.2, -0.15) is 4.98 Å². The van der Waals surface area contributed by atoms with E-state index in [9.17, 15) is 5.11 Å². The summed E-state index contributed by atoms with van der Waals surface area (Å²) in [5.74, 6) is 0. The number of aromatic nitrogens is 3. The molecule has 5 nitrogen and oxygen atoms in total. The van der Waals surface area contributed by atoms with Crippen molar-refractivity contribution in [2.24, 2.45) is 0 Å². The molecule has 5 heteroatoms. The molecule has 0 fully saturated rings. The topological polar surface area (TPSA) is 68.1 Å². The lowest BCUT2D eigenvalue weighted by atomic mass is 10.0. The van der Waals surface area contributed by atoms with Crippen LogP contribution in [0.15, 0.2) is 91.0 Å². The maximum atomic E-state index is 10.3. The van der Waals surface area contributed by atoms with Gasteiger partial charge in [-0.3, -0.25) is 0 Å². The average Bonchev–Trinajstić information content (AvgIpc) is 2.79. The van der Waals surface area contributed by atoms with Gasteiger partial charge < -0.3 is 9.84 Å². The molecular weight excluding hydrogens is 350 g/mol. The minimum atomic E-state index is -0.765. The van der Waals surface area contributed by atoms with Crippen LogP contribution in [-0.4, -0.2) is 26.9 Å². The Hall–Kier alpha value is -3.57. The van der Waals surface area contributed by atoms with Gasteiger partial charge in [0.2, 0.25) is 0 Å². The molecule has 0 amide bonds. The quantitative estimate of drug-likeness (QED) is 0.548. The fourth-order valence-corrected chi connectivity index (χ4v) is 2.88. The van der Waals surface area contributed by atoms with Gasteiger partial charge in [-0.05, 0) is 5.56 Å². The molecule has 0 saturated carbocycles. The molecule has 138 valence electrons. The molecule has 1 atom stereocenters. The van der Waals surface area contributed by atoms with E-state index in [1.54, 1.807) is 0 Å². The van der Waals surface area contributed by atoms with Crippen LogP contribution in [0.25, 0.3) is 22.5 Å². The van der Waals surface area contributed by atoms with E-state index in [1.807, 2.05) is 91.0 Å². The van der Waals surface area contributed by atoms with Gasteiger partial charge in [-0.25, -0.2) is 0 Å². The number of aliphatic hydroxyl groups is 1. The van der Waals surface area contributed by atoms with Crippen molar-refractivity contribution in [2.75, 3.05) is 6.61 Å². The molecule has 0 bridgehead atoms. The fraction of sp³-hybridized carbons (Fsp3) is 0.0870. The zero-order valence-electron chi connectivity index (χ0n) is 15.1. The maximum absolute atomic E-state index is 10.3. The average molecular weight is 369 g/mol. The van der Waals surface area contributed by atoms with Crippen molar-refractivity contribution in [3.63, 3.8) is 0 Å². The van der Waals surface area contributed by atoms with Crippen LogP contribution >= 0.6 is 0 Å². The van der Waals surface area contributed by atoms with Crippen LogP contribution in [0.2, 0.25) is 0 Å².